The zero-order valence-corrected chi connectivity index (χ0v) is 15.1. The van der Waals surface area contributed by atoms with Gasteiger partial charge in [-0.1, -0.05) is 12.1 Å². The fourth-order valence-corrected chi connectivity index (χ4v) is 2.24. The monoisotopic (exact) mass is 364 g/mol. The lowest BCUT2D eigenvalue weighted by molar-refractivity contribution is -0.106. The Balaban J connectivity index is 2.52. The van der Waals surface area contributed by atoms with Gasteiger partial charge in [0.25, 0.3) is 0 Å². The molecule has 9 heteroatoms. The first-order chi connectivity index (χ1) is 12.6. The quantitative estimate of drug-likeness (QED) is 0.516. The van der Waals surface area contributed by atoms with Gasteiger partial charge in [0.1, 0.15) is 11.3 Å². The SMILES string of the molecule is COC(=O)c1c(Oc2nc(OC)cc(OC)n2)cccc1C(OC)OC. The van der Waals surface area contributed by atoms with E-state index in [0.717, 1.165) is 0 Å². The predicted molar refractivity (Wildman–Crippen MR) is 89.8 cm³/mol. The summed E-state index contributed by atoms with van der Waals surface area (Å²) in [7, 11) is 7.09. The molecule has 0 aliphatic carbocycles. The van der Waals surface area contributed by atoms with Gasteiger partial charge in [0.15, 0.2) is 6.29 Å². The van der Waals surface area contributed by atoms with Crippen LogP contribution >= 0.6 is 0 Å². The molecule has 2 aromatic rings. The number of nitrogens with zero attached hydrogens (tertiary/aromatic N) is 2. The zero-order valence-electron chi connectivity index (χ0n) is 15.1. The maximum Gasteiger partial charge on any atom is 0.342 e. The van der Waals surface area contributed by atoms with Crippen LogP contribution in [0.4, 0.5) is 0 Å². The summed E-state index contributed by atoms with van der Waals surface area (Å²) in [5.74, 6) is 0.0388. The Labute approximate surface area is 150 Å². The van der Waals surface area contributed by atoms with Crippen molar-refractivity contribution in [3.8, 4) is 23.5 Å². The average molecular weight is 364 g/mol. The van der Waals surface area contributed by atoms with Gasteiger partial charge in [-0.15, -0.1) is 0 Å². The maximum absolute atomic E-state index is 12.3. The third kappa shape index (κ3) is 4.19. The average Bonchev–Trinajstić information content (AvgIpc) is 2.68. The lowest BCUT2D eigenvalue weighted by Gasteiger charge is -2.18. The van der Waals surface area contributed by atoms with E-state index in [-0.39, 0.29) is 29.1 Å². The molecule has 26 heavy (non-hydrogen) atoms. The Morgan fingerprint density at radius 1 is 0.962 bits per heavy atom. The molecule has 0 saturated carbocycles. The molecule has 9 nitrogen and oxygen atoms in total. The molecule has 1 aromatic carbocycles. The number of aromatic nitrogens is 2. The zero-order chi connectivity index (χ0) is 19.1. The van der Waals surface area contributed by atoms with Gasteiger partial charge >= 0.3 is 12.0 Å². The molecular formula is C17H20N2O7. The highest BCUT2D eigenvalue weighted by Crippen LogP contribution is 2.32. The largest absolute Gasteiger partial charge is 0.481 e. The van der Waals surface area contributed by atoms with E-state index in [1.807, 2.05) is 0 Å². The molecule has 0 aliphatic rings. The summed E-state index contributed by atoms with van der Waals surface area (Å²) in [4.78, 5) is 20.5. The van der Waals surface area contributed by atoms with Crippen molar-refractivity contribution in [2.45, 2.75) is 6.29 Å². The third-order valence-corrected chi connectivity index (χ3v) is 3.41. The molecule has 1 heterocycles. The van der Waals surface area contributed by atoms with E-state index in [4.69, 9.17) is 28.4 Å². The summed E-state index contributed by atoms with van der Waals surface area (Å²) in [6.07, 6.45) is -0.784. The second kappa shape index (κ2) is 8.97. The van der Waals surface area contributed by atoms with Crippen LogP contribution in [0, 0.1) is 0 Å². The molecule has 140 valence electrons. The van der Waals surface area contributed by atoms with Crippen LogP contribution in [0.15, 0.2) is 24.3 Å². The standard InChI is InChI=1S/C17H20N2O7/c1-21-12-9-13(22-2)19-17(18-12)26-11-8-6-7-10(16(24-4)25-5)14(11)15(20)23-3/h6-9,16H,1-5H3. The number of rotatable bonds is 8. The highest BCUT2D eigenvalue weighted by atomic mass is 16.7. The molecule has 0 saturated heterocycles. The highest BCUT2D eigenvalue weighted by Gasteiger charge is 2.25. The van der Waals surface area contributed by atoms with Crippen molar-refractivity contribution in [1.29, 1.82) is 0 Å². The topological polar surface area (TPSA) is 98.2 Å². The summed E-state index contributed by atoms with van der Waals surface area (Å²) < 4.78 is 31.2. The number of ether oxygens (including phenoxy) is 6. The Morgan fingerprint density at radius 3 is 2.08 bits per heavy atom. The lowest BCUT2D eigenvalue weighted by atomic mass is 10.1. The fraction of sp³-hybridized carbons (Fsp3) is 0.353. The summed E-state index contributed by atoms with van der Waals surface area (Å²) in [5, 5.41) is 0. The molecule has 0 spiro atoms. The molecule has 2 rings (SSSR count). The van der Waals surface area contributed by atoms with E-state index in [0.29, 0.717) is 5.56 Å². The van der Waals surface area contributed by atoms with Crippen molar-refractivity contribution in [2.24, 2.45) is 0 Å². The molecule has 0 amide bonds. The van der Waals surface area contributed by atoms with Gasteiger partial charge in [0.05, 0.1) is 27.4 Å². The summed E-state index contributed by atoms with van der Waals surface area (Å²) in [5.41, 5.74) is 0.572. The van der Waals surface area contributed by atoms with Crippen LogP contribution in [0.25, 0.3) is 0 Å². The van der Waals surface area contributed by atoms with Crippen molar-refractivity contribution >= 4 is 5.97 Å². The van der Waals surface area contributed by atoms with Crippen LogP contribution < -0.4 is 14.2 Å². The van der Waals surface area contributed by atoms with Gasteiger partial charge in [0.2, 0.25) is 11.8 Å². The molecule has 0 N–H and O–H groups in total. The van der Waals surface area contributed by atoms with Crippen LogP contribution in [0.2, 0.25) is 0 Å². The smallest absolute Gasteiger partial charge is 0.342 e. The first kappa shape index (κ1) is 19.4. The van der Waals surface area contributed by atoms with E-state index in [1.165, 1.54) is 41.6 Å². The maximum atomic E-state index is 12.3. The highest BCUT2D eigenvalue weighted by molar-refractivity contribution is 5.94. The lowest BCUT2D eigenvalue weighted by Crippen LogP contribution is -2.13. The van der Waals surface area contributed by atoms with Gasteiger partial charge in [-0.25, -0.2) is 4.79 Å². The minimum Gasteiger partial charge on any atom is -0.481 e. The molecule has 0 fully saturated rings. The second-order valence-corrected chi connectivity index (χ2v) is 4.85. The van der Waals surface area contributed by atoms with Crippen molar-refractivity contribution < 1.29 is 33.2 Å². The third-order valence-electron chi connectivity index (χ3n) is 3.41. The van der Waals surface area contributed by atoms with Gasteiger partial charge < -0.3 is 28.4 Å². The van der Waals surface area contributed by atoms with Crippen molar-refractivity contribution in [1.82, 2.24) is 9.97 Å². The number of carbonyl (C=O) groups excluding carboxylic acids is 1. The van der Waals surface area contributed by atoms with Crippen molar-refractivity contribution in [3.05, 3.63) is 35.4 Å². The van der Waals surface area contributed by atoms with Gasteiger partial charge in [-0.2, -0.15) is 9.97 Å². The number of benzene rings is 1. The van der Waals surface area contributed by atoms with E-state index >= 15 is 0 Å². The van der Waals surface area contributed by atoms with Crippen LogP contribution in [-0.4, -0.2) is 51.5 Å². The molecule has 0 radical (unpaired) electrons. The molecule has 1 aromatic heterocycles. The van der Waals surface area contributed by atoms with Crippen LogP contribution in [-0.2, 0) is 14.2 Å². The number of hydrogen-bond donors (Lipinski definition) is 0. The Morgan fingerprint density at radius 2 is 1.58 bits per heavy atom. The van der Waals surface area contributed by atoms with E-state index in [2.05, 4.69) is 9.97 Å². The Hall–Kier alpha value is -2.91. The number of hydrogen-bond acceptors (Lipinski definition) is 9. The van der Waals surface area contributed by atoms with E-state index in [9.17, 15) is 4.79 Å². The normalized spacial score (nSPS) is 10.5. The molecular weight excluding hydrogens is 344 g/mol. The summed E-state index contributed by atoms with van der Waals surface area (Å²) in [6, 6.07) is 6.36. The van der Waals surface area contributed by atoms with Gasteiger partial charge in [-0.05, 0) is 6.07 Å². The van der Waals surface area contributed by atoms with Crippen LogP contribution in [0.1, 0.15) is 22.2 Å². The summed E-state index contributed by atoms with van der Waals surface area (Å²) >= 11 is 0. The molecule has 0 unspecified atom stereocenters. The Kier molecular flexibility index (Phi) is 6.70. The second-order valence-electron chi connectivity index (χ2n) is 4.85. The number of carbonyl (C=O) groups is 1. The first-order valence-electron chi connectivity index (χ1n) is 7.49. The first-order valence-corrected chi connectivity index (χ1v) is 7.49. The van der Waals surface area contributed by atoms with Crippen LogP contribution in [0.3, 0.4) is 0 Å². The predicted octanol–water partition coefficient (Wildman–Crippen LogP) is 2.36. The number of methoxy groups -OCH3 is 5. The Bertz CT molecular complexity index is 741. The van der Waals surface area contributed by atoms with Gasteiger partial charge in [-0.3, -0.25) is 0 Å². The minimum absolute atomic E-state index is 0.0603. The number of esters is 1. The van der Waals surface area contributed by atoms with E-state index in [1.54, 1.807) is 18.2 Å². The van der Waals surface area contributed by atoms with Gasteiger partial charge in [0, 0.05) is 19.8 Å². The molecule has 0 atom stereocenters. The van der Waals surface area contributed by atoms with Crippen molar-refractivity contribution in [3.63, 3.8) is 0 Å². The molecule has 0 bridgehead atoms. The summed E-state index contributed by atoms with van der Waals surface area (Å²) in [6.45, 7) is 0. The minimum atomic E-state index is -0.784. The van der Waals surface area contributed by atoms with Crippen molar-refractivity contribution in [2.75, 3.05) is 35.5 Å². The van der Waals surface area contributed by atoms with E-state index < -0.39 is 12.3 Å². The molecule has 0 aliphatic heterocycles. The fourth-order valence-electron chi connectivity index (χ4n) is 2.24. The van der Waals surface area contributed by atoms with Crippen LogP contribution in [0.5, 0.6) is 23.5 Å².